The lowest BCUT2D eigenvalue weighted by molar-refractivity contribution is 0.437. The van der Waals surface area contributed by atoms with E-state index in [1.807, 2.05) is 12.1 Å². The van der Waals surface area contributed by atoms with Gasteiger partial charge in [0.15, 0.2) is 0 Å². The number of unbranched alkanes of at least 4 members (excludes halogenated alkanes) is 1. The summed E-state index contributed by atoms with van der Waals surface area (Å²) in [6.07, 6.45) is 4.45. The van der Waals surface area contributed by atoms with E-state index in [-0.39, 0.29) is 5.38 Å². The Balaban J connectivity index is 2.35. The second kappa shape index (κ2) is 6.94. The lowest BCUT2D eigenvalue weighted by Gasteiger charge is -2.21. The number of aromatic amines is 2. The predicted octanol–water partition coefficient (Wildman–Crippen LogP) is 3.71. The third kappa shape index (κ3) is 3.56. The maximum Gasteiger partial charge on any atom is 0.314 e. The number of hydrogen-bond donors (Lipinski definition) is 2. The maximum absolute atomic E-state index is 11.4. The molecule has 0 fully saturated rings. The topological polar surface area (TPSA) is 65.7 Å². The number of halogens is 1. The molecular formula is C16H21ClN2O2. The molecule has 2 N–H and O–H groups in total. The number of fused-ring (bicyclic) bond motifs is 1. The lowest BCUT2D eigenvalue weighted by Crippen LogP contribution is -2.28. The number of H-pyrrole nitrogens is 2. The largest absolute Gasteiger partial charge is 0.316 e. The van der Waals surface area contributed by atoms with E-state index in [0.29, 0.717) is 17.0 Å². The molecule has 114 valence electrons. The molecule has 0 aliphatic rings. The Morgan fingerprint density at radius 1 is 1.10 bits per heavy atom. The Morgan fingerprint density at radius 2 is 1.76 bits per heavy atom. The number of benzene rings is 1. The highest BCUT2D eigenvalue weighted by atomic mass is 35.5. The van der Waals surface area contributed by atoms with Crippen LogP contribution in [0.15, 0.2) is 27.8 Å². The van der Waals surface area contributed by atoms with Crippen molar-refractivity contribution in [3.8, 4) is 0 Å². The van der Waals surface area contributed by atoms with Crippen LogP contribution in [0.5, 0.6) is 0 Å². The van der Waals surface area contributed by atoms with Crippen LogP contribution in [-0.4, -0.2) is 9.97 Å². The van der Waals surface area contributed by atoms with Gasteiger partial charge in [0, 0.05) is 0 Å². The van der Waals surface area contributed by atoms with E-state index >= 15 is 0 Å². The molecule has 0 saturated carbocycles. The van der Waals surface area contributed by atoms with Crippen LogP contribution in [0.3, 0.4) is 0 Å². The van der Waals surface area contributed by atoms with Crippen LogP contribution < -0.4 is 11.1 Å². The van der Waals surface area contributed by atoms with Crippen molar-refractivity contribution in [2.45, 2.75) is 44.9 Å². The molecular weight excluding hydrogens is 288 g/mol. The van der Waals surface area contributed by atoms with Gasteiger partial charge in [0.2, 0.25) is 0 Å². The first-order valence-electron chi connectivity index (χ1n) is 7.47. The van der Waals surface area contributed by atoms with Crippen molar-refractivity contribution in [1.29, 1.82) is 0 Å². The van der Waals surface area contributed by atoms with Crippen molar-refractivity contribution < 1.29 is 0 Å². The molecule has 0 spiro atoms. The predicted molar refractivity (Wildman–Crippen MR) is 87.1 cm³/mol. The Kier molecular flexibility index (Phi) is 5.23. The Morgan fingerprint density at radius 3 is 2.38 bits per heavy atom. The summed E-state index contributed by atoms with van der Waals surface area (Å²) in [5.41, 5.74) is 0.951. The molecule has 2 atom stereocenters. The standard InChI is InChI=1S/C16H21ClN2O2/c1-3-5-6-10(4-2)14(17)11-7-8-12-13(9-11)19-16(21)15(20)18-12/h7-10,14H,3-6H2,1-2H3,(H,18,20)(H,19,21). The fourth-order valence-electron chi connectivity index (χ4n) is 2.60. The zero-order valence-corrected chi connectivity index (χ0v) is 13.2. The van der Waals surface area contributed by atoms with Gasteiger partial charge in [0.1, 0.15) is 0 Å². The van der Waals surface area contributed by atoms with Crippen molar-refractivity contribution in [2.24, 2.45) is 5.92 Å². The molecule has 0 saturated heterocycles. The molecule has 2 aromatic rings. The molecule has 0 aliphatic heterocycles. The number of alkyl halides is 1. The van der Waals surface area contributed by atoms with E-state index in [2.05, 4.69) is 23.8 Å². The van der Waals surface area contributed by atoms with Gasteiger partial charge in [-0.05, 0) is 30.0 Å². The van der Waals surface area contributed by atoms with Gasteiger partial charge in [-0.1, -0.05) is 39.2 Å². The lowest BCUT2D eigenvalue weighted by atomic mass is 9.91. The van der Waals surface area contributed by atoms with Crippen LogP contribution in [-0.2, 0) is 0 Å². The quantitative estimate of drug-likeness (QED) is 0.631. The van der Waals surface area contributed by atoms with Crippen molar-refractivity contribution >= 4 is 22.6 Å². The summed E-state index contributed by atoms with van der Waals surface area (Å²) in [7, 11) is 0. The van der Waals surface area contributed by atoms with Gasteiger partial charge in [-0.2, -0.15) is 0 Å². The molecule has 1 aromatic carbocycles. The van der Waals surface area contributed by atoms with E-state index in [4.69, 9.17) is 11.6 Å². The summed E-state index contributed by atoms with van der Waals surface area (Å²) in [6.45, 7) is 4.32. The molecule has 2 rings (SSSR count). The third-order valence-corrected chi connectivity index (χ3v) is 4.54. The minimum absolute atomic E-state index is 0.0821. The fourth-order valence-corrected chi connectivity index (χ4v) is 3.04. The molecule has 21 heavy (non-hydrogen) atoms. The van der Waals surface area contributed by atoms with Crippen LogP contribution in [0, 0.1) is 5.92 Å². The summed E-state index contributed by atoms with van der Waals surface area (Å²) in [6, 6.07) is 5.58. The number of hydrogen-bond acceptors (Lipinski definition) is 2. The van der Waals surface area contributed by atoms with Crippen molar-refractivity contribution in [3.63, 3.8) is 0 Å². The summed E-state index contributed by atoms with van der Waals surface area (Å²) in [4.78, 5) is 27.9. The molecule has 1 aromatic heterocycles. The van der Waals surface area contributed by atoms with Gasteiger partial charge in [-0.25, -0.2) is 0 Å². The number of rotatable bonds is 6. The molecule has 2 unspecified atom stereocenters. The summed E-state index contributed by atoms with van der Waals surface area (Å²) in [5.74, 6) is 0.415. The van der Waals surface area contributed by atoms with Crippen LogP contribution >= 0.6 is 11.6 Å². The Labute approximate surface area is 128 Å². The first kappa shape index (κ1) is 15.8. The summed E-state index contributed by atoms with van der Waals surface area (Å²) < 4.78 is 0. The number of aromatic nitrogens is 2. The molecule has 5 heteroatoms. The SMILES string of the molecule is CCCCC(CC)C(Cl)c1ccc2[nH]c(=O)c(=O)[nH]c2c1. The van der Waals surface area contributed by atoms with Crippen LogP contribution in [0.2, 0.25) is 0 Å². The van der Waals surface area contributed by atoms with Gasteiger partial charge < -0.3 is 9.97 Å². The Bertz CT molecular complexity index is 720. The maximum atomic E-state index is 11.4. The average molecular weight is 309 g/mol. The van der Waals surface area contributed by atoms with Crippen LogP contribution in [0.4, 0.5) is 0 Å². The smallest absolute Gasteiger partial charge is 0.314 e. The molecule has 1 heterocycles. The second-order valence-corrected chi connectivity index (χ2v) is 5.90. The van der Waals surface area contributed by atoms with E-state index in [9.17, 15) is 9.59 Å². The average Bonchev–Trinajstić information content (AvgIpc) is 2.48. The Hall–Kier alpha value is -1.55. The molecule has 0 amide bonds. The first-order chi connectivity index (χ1) is 10.1. The van der Waals surface area contributed by atoms with E-state index in [0.717, 1.165) is 24.8 Å². The van der Waals surface area contributed by atoms with Gasteiger partial charge >= 0.3 is 11.1 Å². The number of nitrogens with one attached hydrogen (secondary N) is 2. The molecule has 4 nitrogen and oxygen atoms in total. The zero-order chi connectivity index (χ0) is 15.4. The minimum atomic E-state index is -0.635. The van der Waals surface area contributed by atoms with E-state index < -0.39 is 11.1 Å². The summed E-state index contributed by atoms with van der Waals surface area (Å²) in [5, 5.41) is -0.0821. The van der Waals surface area contributed by atoms with Gasteiger partial charge in [0.25, 0.3) is 0 Å². The van der Waals surface area contributed by atoms with Crippen molar-refractivity contribution in [1.82, 2.24) is 9.97 Å². The highest BCUT2D eigenvalue weighted by Gasteiger charge is 2.19. The van der Waals surface area contributed by atoms with Gasteiger partial charge in [-0.3, -0.25) is 9.59 Å². The summed E-state index contributed by atoms with van der Waals surface area (Å²) >= 11 is 6.62. The fraction of sp³-hybridized carbons (Fsp3) is 0.500. The third-order valence-electron chi connectivity index (χ3n) is 3.93. The van der Waals surface area contributed by atoms with Crippen LogP contribution in [0.25, 0.3) is 11.0 Å². The van der Waals surface area contributed by atoms with Crippen LogP contribution in [0.1, 0.15) is 50.5 Å². The van der Waals surface area contributed by atoms with Gasteiger partial charge in [0.05, 0.1) is 16.4 Å². The minimum Gasteiger partial charge on any atom is -0.316 e. The zero-order valence-electron chi connectivity index (χ0n) is 12.4. The van der Waals surface area contributed by atoms with Gasteiger partial charge in [-0.15, -0.1) is 11.6 Å². The first-order valence-corrected chi connectivity index (χ1v) is 7.90. The van der Waals surface area contributed by atoms with Crippen molar-refractivity contribution in [2.75, 3.05) is 0 Å². The monoisotopic (exact) mass is 308 g/mol. The molecule has 0 aliphatic carbocycles. The normalized spacial score (nSPS) is 14.2. The van der Waals surface area contributed by atoms with E-state index in [1.54, 1.807) is 6.07 Å². The second-order valence-electron chi connectivity index (χ2n) is 5.43. The highest BCUT2D eigenvalue weighted by molar-refractivity contribution is 6.21. The highest BCUT2D eigenvalue weighted by Crippen LogP contribution is 2.35. The molecule has 0 bridgehead atoms. The van der Waals surface area contributed by atoms with E-state index in [1.165, 1.54) is 6.42 Å². The van der Waals surface area contributed by atoms with Crippen molar-refractivity contribution in [3.05, 3.63) is 44.5 Å². The molecule has 0 radical (unpaired) electrons.